The number of fused-ring (bicyclic) bond motifs is 2. The molecule has 0 bridgehead atoms. The molecular weight excluding hydrogens is 1150 g/mol. The lowest BCUT2D eigenvalue weighted by Crippen LogP contribution is -2.61. The average molecular weight is 1230 g/mol. The van der Waals surface area contributed by atoms with Crippen molar-refractivity contribution in [2.24, 2.45) is 0 Å². The first-order valence-corrected chi connectivity index (χ1v) is 30.3. The second-order valence-corrected chi connectivity index (χ2v) is 25.9. The first-order chi connectivity index (χ1) is 41.9. The van der Waals surface area contributed by atoms with Gasteiger partial charge >= 0.3 is 0 Å². The van der Waals surface area contributed by atoms with Crippen LogP contribution in [-0.2, 0) is 42.7 Å². The first kappa shape index (κ1) is 62.9. The molecule has 3 aromatic carbocycles. The molecule has 18 nitrogen and oxygen atoms in total. The molecule has 6 aliphatic heterocycles. The molecule has 88 heavy (non-hydrogen) atoms. The zero-order chi connectivity index (χ0) is 62.3. The number of H-pyrrole nitrogens is 2. The summed E-state index contributed by atoms with van der Waals surface area (Å²) in [6, 6.07) is 13.1. The van der Waals surface area contributed by atoms with Crippen LogP contribution in [0.2, 0.25) is 0 Å². The molecule has 5 aromatic rings. The standard InChI is InChI=1S/C64H78F6N10O8/c1-37-25-77(31-57(81)79-35-63(3,4)59-55(79)16-39(61(83)73-59)14-49-51(67)18-41(65)19-52(49)68)43(23-71-37)27-75-10-12-85-47(29-75)33-87-45-8-7-9-46(22-45)88-34-48-30-76(11-13-86-48)28-44-24-72-38(2)26-78(44)32-58(82)80-36-64(5,6)60-56(80)17-40(62(84)74-60)15-50-53(69)20-42(66)21-54(50)70/h7-9,16-22,37-38,43-44,47-48,71-72H,10-15,23-36H2,1-6H3,(H,73,83)(H,74,84)/t37-,38-,43-,44-,47+,48+/m1/s1. The van der Waals surface area contributed by atoms with Crippen molar-refractivity contribution in [1.29, 1.82) is 0 Å². The van der Waals surface area contributed by atoms with E-state index in [1.165, 1.54) is 12.1 Å². The van der Waals surface area contributed by atoms with E-state index in [1.807, 2.05) is 52.0 Å². The van der Waals surface area contributed by atoms with Crippen LogP contribution in [0.1, 0.15) is 75.2 Å². The Hall–Kier alpha value is -6.64. The predicted octanol–water partition coefficient (Wildman–Crippen LogP) is 5.21. The highest BCUT2D eigenvalue weighted by Crippen LogP contribution is 2.41. The van der Waals surface area contributed by atoms with Gasteiger partial charge in [0.2, 0.25) is 11.8 Å². The smallest absolute Gasteiger partial charge is 0.251 e. The van der Waals surface area contributed by atoms with E-state index in [9.17, 15) is 45.5 Å². The number of halogens is 6. The Balaban J connectivity index is 0.657. The number of carbonyl (C=O) groups excluding carboxylic acids is 2. The van der Waals surface area contributed by atoms with Gasteiger partial charge in [-0.25, -0.2) is 26.3 Å². The van der Waals surface area contributed by atoms with E-state index in [0.717, 1.165) is 0 Å². The van der Waals surface area contributed by atoms with Crippen molar-refractivity contribution >= 4 is 23.2 Å². The summed E-state index contributed by atoms with van der Waals surface area (Å²) >= 11 is 0. The number of nitrogens with zero attached hydrogens (tertiary/aromatic N) is 6. The van der Waals surface area contributed by atoms with Crippen molar-refractivity contribution in [3.05, 3.63) is 150 Å². The maximum absolute atomic E-state index is 14.7. The molecule has 474 valence electrons. The topological polar surface area (TPSA) is 180 Å². The van der Waals surface area contributed by atoms with Gasteiger partial charge in [0.15, 0.2) is 0 Å². The molecule has 6 atom stereocenters. The molecular formula is C64H78F6N10O8. The zero-order valence-corrected chi connectivity index (χ0v) is 50.6. The number of anilines is 2. The van der Waals surface area contributed by atoms with Crippen LogP contribution in [0.5, 0.6) is 11.5 Å². The molecule has 0 aliphatic carbocycles. The van der Waals surface area contributed by atoms with Crippen LogP contribution in [0.15, 0.2) is 70.3 Å². The first-order valence-electron chi connectivity index (χ1n) is 30.3. The monoisotopic (exact) mass is 1230 g/mol. The van der Waals surface area contributed by atoms with Crippen molar-refractivity contribution in [1.82, 2.24) is 40.2 Å². The van der Waals surface area contributed by atoms with Gasteiger partial charge in [0.1, 0.15) is 71.8 Å². The van der Waals surface area contributed by atoms with Gasteiger partial charge in [-0.2, -0.15) is 0 Å². The van der Waals surface area contributed by atoms with Crippen molar-refractivity contribution in [3.8, 4) is 11.5 Å². The number of aromatic nitrogens is 2. The van der Waals surface area contributed by atoms with Gasteiger partial charge in [-0.1, -0.05) is 33.8 Å². The summed E-state index contributed by atoms with van der Waals surface area (Å²) in [6.07, 6.45) is -1.30. The molecule has 8 heterocycles. The molecule has 0 spiro atoms. The Bertz CT molecular complexity index is 3270. The normalized spacial score (nSPS) is 24.1. The summed E-state index contributed by atoms with van der Waals surface area (Å²) in [5, 5.41) is 7.16. The van der Waals surface area contributed by atoms with Gasteiger partial charge in [0.25, 0.3) is 11.1 Å². The van der Waals surface area contributed by atoms with Crippen molar-refractivity contribution < 1.29 is 54.9 Å². The number of piperazine rings is 2. The fraction of sp³-hybridized carbons (Fsp3) is 0.531. The van der Waals surface area contributed by atoms with Gasteiger partial charge in [0, 0.05) is 190 Å². The number of benzene rings is 3. The molecule has 2 aromatic heterocycles. The Morgan fingerprint density at radius 3 is 1.38 bits per heavy atom. The van der Waals surface area contributed by atoms with Crippen molar-refractivity contribution in [2.75, 3.05) is 128 Å². The van der Waals surface area contributed by atoms with E-state index in [1.54, 1.807) is 9.80 Å². The number of hydrogen-bond acceptors (Lipinski definition) is 14. The quantitative estimate of drug-likeness (QED) is 0.0841. The highest BCUT2D eigenvalue weighted by atomic mass is 19.2. The Labute approximate surface area is 507 Å². The number of pyridine rings is 2. The minimum absolute atomic E-state index is 0.0225. The summed E-state index contributed by atoms with van der Waals surface area (Å²) in [4.78, 5) is 73.4. The van der Waals surface area contributed by atoms with E-state index < -0.39 is 80.8 Å². The second kappa shape index (κ2) is 26.1. The maximum Gasteiger partial charge on any atom is 0.251 e. The summed E-state index contributed by atoms with van der Waals surface area (Å²) < 4.78 is 111. The zero-order valence-electron chi connectivity index (χ0n) is 50.6. The molecule has 4 fully saturated rings. The predicted molar refractivity (Wildman–Crippen MR) is 319 cm³/mol. The third-order valence-electron chi connectivity index (χ3n) is 18.0. The van der Waals surface area contributed by atoms with Crippen LogP contribution in [0, 0.1) is 34.9 Å². The Morgan fingerprint density at radius 2 is 0.977 bits per heavy atom. The highest BCUT2D eigenvalue weighted by molar-refractivity contribution is 5.98. The van der Waals surface area contributed by atoms with Gasteiger partial charge in [0.05, 0.1) is 37.7 Å². The molecule has 24 heteroatoms. The van der Waals surface area contributed by atoms with Crippen LogP contribution in [-0.4, -0.2) is 196 Å². The van der Waals surface area contributed by atoms with E-state index in [4.69, 9.17) is 18.9 Å². The largest absolute Gasteiger partial charge is 0.491 e. The third kappa shape index (κ3) is 14.2. The summed E-state index contributed by atoms with van der Waals surface area (Å²) in [5.41, 5.74) is -0.953. The van der Waals surface area contributed by atoms with Crippen LogP contribution in [0.3, 0.4) is 0 Å². The van der Waals surface area contributed by atoms with Gasteiger partial charge in [-0.05, 0) is 38.1 Å². The van der Waals surface area contributed by atoms with Gasteiger partial charge < -0.3 is 49.3 Å². The third-order valence-corrected chi connectivity index (χ3v) is 18.0. The number of amides is 2. The summed E-state index contributed by atoms with van der Waals surface area (Å²) in [7, 11) is 0. The fourth-order valence-corrected chi connectivity index (χ4v) is 13.3. The molecule has 0 unspecified atom stereocenters. The SMILES string of the molecule is C[C@@H]1CN(CC(=O)N2CC(C)(C)c3[nH]c(=O)c(Cc4c(F)cc(F)cc4F)cc32)[C@@H](CN2CCO[C@H](COc3cccc(OC[C@@H]4CN(C[C@H]5CN[C@H](C)CN5CC(=O)N5CC(C)(C)c6[nH]c(=O)c(Cc7c(F)cc(F)cc7F)cc65)CCO4)c3)C2)CN1. The molecule has 4 saturated heterocycles. The number of aromatic amines is 2. The van der Waals surface area contributed by atoms with Gasteiger partial charge in [-0.15, -0.1) is 0 Å². The second-order valence-electron chi connectivity index (χ2n) is 25.9. The van der Waals surface area contributed by atoms with E-state index >= 15 is 0 Å². The van der Waals surface area contributed by atoms with Crippen LogP contribution in [0.4, 0.5) is 37.7 Å². The minimum Gasteiger partial charge on any atom is -0.491 e. The van der Waals surface area contributed by atoms with Crippen molar-refractivity contribution in [3.63, 3.8) is 0 Å². The molecule has 0 radical (unpaired) electrons. The lowest BCUT2D eigenvalue weighted by Gasteiger charge is -2.43. The lowest BCUT2D eigenvalue weighted by molar-refractivity contribution is -0.121. The average Bonchev–Trinajstić information content (AvgIpc) is 1.63. The lowest BCUT2D eigenvalue weighted by atomic mass is 9.91. The van der Waals surface area contributed by atoms with Crippen LogP contribution >= 0.6 is 0 Å². The van der Waals surface area contributed by atoms with Gasteiger partial charge in [-0.3, -0.25) is 38.8 Å². The molecule has 4 N–H and O–H groups in total. The Morgan fingerprint density at radius 1 is 0.580 bits per heavy atom. The van der Waals surface area contributed by atoms with Crippen molar-refractivity contribution in [2.45, 2.75) is 102 Å². The molecule has 6 aliphatic rings. The number of nitrogens with one attached hydrogen (secondary N) is 4. The van der Waals surface area contributed by atoms with E-state index in [0.29, 0.717) is 163 Å². The number of carbonyl (C=O) groups is 2. The van der Waals surface area contributed by atoms with E-state index in [2.05, 4.69) is 54.0 Å². The van der Waals surface area contributed by atoms with Crippen LogP contribution < -0.4 is 41.0 Å². The number of morpholine rings is 2. The molecule has 0 saturated carbocycles. The van der Waals surface area contributed by atoms with E-state index in [-0.39, 0.29) is 72.4 Å². The molecule has 2 amide bonds. The van der Waals surface area contributed by atoms with Crippen LogP contribution in [0.25, 0.3) is 0 Å². The highest BCUT2D eigenvalue weighted by Gasteiger charge is 2.43. The number of ether oxygens (including phenoxy) is 4. The minimum atomic E-state index is -1.09. The summed E-state index contributed by atoms with van der Waals surface area (Å²) in [5.74, 6) is -5.59. The maximum atomic E-state index is 14.7. The number of rotatable bonds is 18. The number of hydrogen-bond donors (Lipinski definition) is 4. The Kier molecular flexibility index (Phi) is 18.6. The fourth-order valence-electron chi connectivity index (χ4n) is 13.3. The molecule has 11 rings (SSSR count). The summed E-state index contributed by atoms with van der Waals surface area (Å²) in [6.45, 7) is 20.7.